The van der Waals surface area contributed by atoms with E-state index in [0.717, 1.165) is 25.9 Å². The van der Waals surface area contributed by atoms with Crippen molar-refractivity contribution in [2.75, 3.05) is 13.1 Å². The largest absolute Gasteiger partial charge is 0.513 e. The fraction of sp³-hybridized carbons (Fsp3) is 0.636. The predicted molar refractivity (Wildman–Crippen MR) is 55.7 cm³/mol. The lowest BCUT2D eigenvalue weighted by molar-refractivity contribution is 0.304. The van der Waals surface area contributed by atoms with E-state index >= 15 is 0 Å². The molecule has 1 heterocycles. The fourth-order valence-electron chi connectivity index (χ4n) is 1.68. The molecule has 0 aromatic carbocycles. The first-order valence-corrected chi connectivity index (χ1v) is 5.02. The minimum absolute atomic E-state index is 0.534. The Morgan fingerprint density at radius 2 is 2.15 bits per heavy atom. The van der Waals surface area contributed by atoms with Crippen LogP contribution in [0.2, 0.25) is 0 Å². The summed E-state index contributed by atoms with van der Waals surface area (Å²) in [5.41, 5.74) is 0. The molecule has 1 fully saturated rings. The normalized spacial score (nSPS) is 20.2. The number of hydrogen-bond donors (Lipinski definition) is 2. The van der Waals surface area contributed by atoms with Gasteiger partial charge in [-0.05, 0) is 44.3 Å². The van der Waals surface area contributed by atoms with Gasteiger partial charge in [0.15, 0.2) is 0 Å². The van der Waals surface area contributed by atoms with Gasteiger partial charge in [0.05, 0.1) is 5.76 Å². The quantitative estimate of drug-likeness (QED) is 0.515. The topological polar surface area (TPSA) is 32.3 Å². The Bertz CT molecular complexity index is 181. The Kier molecular flexibility index (Phi) is 4.61. The van der Waals surface area contributed by atoms with Crippen LogP contribution in [0.4, 0.5) is 0 Å². The van der Waals surface area contributed by atoms with E-state index in [-0.39, 0.29) is 0 Å². The Labute approximate surface area is 80.3 Å². The molecule has 0 atom stereocenters. The van der Waals surface area contributed by atoms with Crippen LogP contribution in [-0.2, 0) is 0 Å². The van der Waals surface area contributed by atoms with Crippen LogP contribution in [0.3, 0.4) is 0 Å². The molecule has 1 saturated heterocycles. The molecule has 0 radical (unpaired) electrons. The highest BCUT2D eigenvalue weighted by Crippen LogP contribution is 2.19. The standard InChI is InChI=1S/C11H19NO/c1-2-3-4-11(13)9-10-5-7-12-8-6-10/h2,4,10,12-13H,1,3,5-9H2. The van der Waals surface area contributed by atoms with E-state index < -0.39 is 0 Å². The summed E-state index contributed by atoms with van der Waals surface area (Å²) in [5.74, 6) is 1.20. The number of aliphatic hydroxyl groups excluding tert-OH is 1. The van der Waals surface area contributed by atoms with Gasteiger partial charge < -0.3 is 10.4 Å². The van der Waals surface area contributed by atoms with Crippen molar-refractivity contribution in [1.82, 2.24) is 5.32 Å². The molecule has 0 spiro atoms. The summed E-state index contributed by atoms with van der Waals surface area (Å²) >= 11 is 0. The lowest BCUT2D eigenvalue weighted by Gasteiger charge is -2.21. The van der Waals surface area contributed by atoms with Crippen LogP contribution in [-0.4, -0.2) is 18.2 Å². The molecule has 2 N–H and O–H groups in total. The second kappa shape index (κ2) is 5.81. The third kappa shape index (κ3) is 4.13. The van der Waals surface area contributed by atoms with E-state index in [9.17, 15) is 5.11 Å². The zero-order valence-electron chi connectivity index (χ0n) is 8.13. The van der Waals surface area contributed by atoms with Crippen molar-refractivity contribution < 1.29 is 5.11 Å². The number of allylic oxidation sites excluding steroid dienone is 3. The third-order valence-corrected chi connectivity index (χ3v) is 2.48. The first kappa shape index (κ1) is 10.3. The summed E-state index contributed by atoms with van der Waals surface area (Å²) in [7, 11) is 0. The monoisotopic (exact) mass is 181 g/mol. The third-order valence-electron chi connectivity index (χ3n) is 2.48. The van der Waals surface area contributed by atoms with Crippen LogP contribution < -0.4 is 5.32 Å². The molecule has 2 nitrogen and oxygen atoms in total. The summed E-state index contributed by atoms with van der Waals surface area (Å²) < 4.78 is 0. The van der Waals surface area contributed by atoms with Gasteiger partial charge in [-0.3, -0.25) is 0 Å². The smallest absolute Gasteiger partial charge is 0.0888 e. The van der Waals surface area contributed by atoms with E-state index in [1.165, 1.54) is 12.8 Å². The lowest BCUT2D eigenvalue weighted by Crippen LogP contribution is -2.27. The van der Waals surface area contributed by atoms with Gasteiger partial charge >= 0.3 is 0 Å². The highest BCUT2D eigenvalue weighted by Gasteiger charge is 2.13. The number of nitrogens with one attached hydrogen (secondary N) is 1. The second-order valence-corrected chi connectivity index (χ2v) is 3.62. The van der Waals surface area contributed by atoms with Gasteiger partial charge in [0.1, 0.15) is 0 Å². The van der Waals surface area contributed by atoms with Gasteiger partial charge in [0.2, 0.25) is 0 Å². The Hall–Kier alpha value is -0.760. The second-order valence-electron chi connectivity index (χ2n) is 3.62. The fourth-order valence-corrected chi connectivity index (χ4v) is 1.68. The number of hydrogen-bond acceptors (Lipinski definition) is 2. The first-order chi connectivity index (χ1) is 6.33. The summed E-state index contributed by atoms with van der Waals surface area (Å²) in [4.78, 5) is 0. The summed E-state index contributed by atoms with van der Waals surface area (Å²) in [5, 5.41) is 12.8. The maximum absolute atomic E-state index is 9.53. The highest BCUT2D eigenvalue weighted by atomic mass is 16.3. The molecule has 0 aliphatic carbocycles. The maximum atomic E-state index is 9.53. The minimum Gasteiger partial charge on any atom is -0.513 e. The molecule has 13 heavy (non-hydrogen) atoms. The molecular weight excluding hydrogens is 162 g/mol. The molecule has 0 unspecified atom stereocenters. The van der Waals surface area contributed by atoms with Crippen LogP contribution >= 0.6 is 0 Å². The molecule has 1 aliphatic heterocycles. The van der Waals surface area contributed by atoms with Crippen LogP contribution in [0.1, 0.15) is 25.7 Å². The maximum Gasteiger partial charge on any atom is 0.0888 e. The van der Waals surface area contributed by atoms with Crippen molar-refractivity contribution in [1.29, 1.82) is 0 Å². The van der Waals surface area contributed by atoms with Crippen molar-refractivity contribution >= 4 is 0 Å². The van der Waals surface area contributed by atoms with Crippen molar-refractivity contribution in [3.63, 3.8) is 0 Å². The highest BCUT2D eigenvalue weighted by molar-refractivity contribution is 4.96. The van der Waals surface area contributed by atoms with Crippen molar-refractivity contribution in [2.45, 2.75) is 25.7 Å². The molecule has 0 aromatic heterocycles. The van der Waals surface area contributed by atoms with Crippen molar-refractivity contribution in [3.05, 3.63) is 24.5 Å². The van der Waals surface area contributed by atoms with Crippen LogP contribution in [0, 0.1) is 5.92 Å². The molecule has 2 heteroatoms. The van der Waals surface area contributed by atoms with Gasteiger partial charge in [-0.2, -0.15) is 0 Å². The zero-order valence-corrected chi connectivity index (χ0v) is 8.13. The van der Waals surface area contributed by atoms with Crippen LogP contribution in [0.25, 0.3) is 0 Å². The molecular formula is C11H19NO. The van der Waals surface area contributed by atoms with E-state index in [1.54, 1.807) is 6.08 Å². The summed E-state index contributed by atoms with van der Waals surface area (Å²) in [6.45, 7) is 5.81. The van der Waals surface area contributed by atoms with Crippen LogP contribution in [0.15, 0.2) is 24.5 Å². The molecule has 0 saturated carbocycles. The molecule has 0 amide bonds. The van der Waals surface area contributed by atoms with E-state index in [2.05, 4.69) is 11.9 Å². The Morgan fingerprint density at radius 3 is 2.77 bits per heavy atom. The number of rotatable bonds is 4. The number of piperidine rings is 1. The summed E-state index contributed by atoms with van der Waals surface area (Å²) in [6.07, 6.45) is 7.65. The first-order valence-electron chi connectivity index (χ1n) is 5.02. The SMILES string of the molecule is C=CCC=C(O)CC1CCNCC1. The van der Waals surface area contributed by atoms with Gasteiger partial charge in [-0.1, -0.05) is 6.08 Å². The number of aliphatic hydroxyl groups is 1. The van der Waals surface area contributed by atoms with E-state index in [0.29, 0.717) is 11.7 Å². The Morgan fingerprint density at radius 1 is 1.46 bits per heavy atom. The molecule has 0 aromatic rings. The van der Waals surface area contributed by atoms with E-state index in [4.69, 9.17) is 0 Å². The molecule has 74 valence electrons. The lowest BCUT2D eigenvalue weighted by atomic mass is 9.93. The molecule has 0 bridgehead atoms. The van der Waals surface area contributed by atoms with Crippen LogP contribution in [0.5, 0.6) is 0 Å². The molecule has 1 rings (SSSR count). The van der Waals surface area contributed by atoms with Gasteiger partial charge in [-0.25, -0.2) is 0 Å². The zero-order chi connectivity index (χ0) is 9.52. The van der Waals surface area contributed by atoms with Crippen molar-refractivity contribution in [2.24, 2.45) is 5.92 Å². The van der Waals surface area contributed by atoms with E-state index in [1.807, 2.05) is 6.08 Å². The average molecular weight is 181 g/mol. The minimum atomic E-state index is 0.534. The van der Waals surface area contributed by atoms with Gasteiger partial charge in [0, 0.05) is 6.42 Å². The van der Waals surface area contributed by atoms with Gasteiger partial charge in [-0.15, -0.1) is 6.58 Å². The Balaban J connectivity index is 2.25. The average Bonchev–Trinajstić information content (AvgIpc) is 2.16. The van der Waals surface area contributed by atoms with Crippen molar-refractivity contribution in [3.8, 4) is 0 Å². The summed E-state index contributed by atoms with van der Waals surface area (Å²) in [6, 6.07) is 0. The van der Waals surface area contributed by atoms with Gasteiger partial charge in [0.25, 0.3) is 0 Å². The predicted octanol–water partition coefficient (Wildman–Crippen LogP) is 2.39. The molecule has 1 aliphatic rings.